The van der Waals surface area contributed by atoms with Crippen LogP contribution in [0.2, 0.25) is 0 Å². The van der Waals surface area contributed by atoms with E-state index in [2.05, 4.69) is 15.6 Å². The van der Waals surface area contributed by atoms with E-state index in [4.69, 9.17) is 0 Å². The molecule has 0 saturated carbocycles. The van der Waals surface area contributed by atoms with Crippen LogP contribution in [0.25, 0.3) is 5.69 Å². The molecule has 0 bridgehead atoms. The zero-order chi connectivity index (χ0) is 15.4. The van der Waals surface area contributed by atoms with Gasteiger partial charge in [0.15, 0.2) is 5.69 Å². The smallest absolute Gasteiger partial charge is 0.276 e. The molecule has 2 heterocycles. The van der Waals surface area contributed by atoms with Gasteiger partial charge in [-0.1, -0.05) is 23.4 Å². The second-order valence-electron chi connectivity index (χ2n) is 5.68. The van der Waals surface area contributed by atoms with Crippen molar-refractivity contribution in [2.75, 3.05) is 26.7 Å². The number of carbonyl (C=O) groups excluding carboxylic acids is 1. The molecule has 6 nitrogen and oxygen atoms in total. The number of piperidine rings is 1. The average Bonchev–Trinajstić information content (AvgIpc) is 3.06. The third kappa shape index (κ3) is 4.09. The van der Waals surface area contributed by atoms with Gasteiger partial charge in [-0.2, -0.15) is 0 Å². The Morgan fingerprint density at radius 1 is 1.26 bits per heavy atom. The lowest BCUT2D eigenvalue weighted by Gasteiger charge is -2.31. The second kappa shape index (κ2) is 8.08. The van der Waals surface area contributed by atoms with Crippen molar-refractivity contribution in [2.45, 2.75) is 12.8 Å². The molecular weight excluding hydrogens is 314 g/mol. The molecule has 23 heavy (non-hydrogen) atoms. The van der Waals surface area contributed by atoms with Crippen LogP contribution in [-0.2, 0) is 0 Å². The maximum absolute atomic E-state index is 12.5. The van der Waals surface area contributed by atoms with Gasteiger partial charge in [0.25, 0.3) is 5.91 Å². The highest BCUT2D eigenvalue weighted by Crippen LogP contribution is 2.18. The van der Waals surface area contributed by atoms with Crippen LogP contribution in [0.5, 0.6) is 0 Å². The summed E-state index contributed by atoms with van der Waals surface area (Å²) in [5.41, 5.74) is 1.32. The molecule has 1 fully saturated rings. The van der Waals surface area contributed by atoms with Crippen LogP contribution < -0.4 is 5.32 Å². The molecule has 1 aromatic heterocycles. The lowest BCUT2D eigenvalue weighted by Crippen LogP contribution is -2.40. The van der Waals surface area contributed by atoms with E-state index in [1.54, 1.807) is 10.9 Å². The molecule has 124 valence electrons. The van der Waals surface area contributed by atoms with Crippen molar-refractivity contribution in [2.24, 2.45) is 5.92 Å². The summed E-state index contributed by atoms with van der Waals surface area (Å²) in [6, 6.07) is 9.69. The number of likely N-dealkylation sites (tertiary alicyclic amines) is 1. The Morgan fingerprint density at radius 3 is 2.61 bits per heavy atom. The van der Waals surface area contributed by atoms with Crippen molar-refractivity contribution in [1.29, 1.82) is 0 Å². The van der Waals surface area contributed by atoms with Gasteiger partial charge >= 0.3 is 0 Å². The predicted octanol–water partition coefficient (Wildman–Crippen LogP) is 1.76. The number of nitrogens with one attached hydrogen (secondary N) is 1. The fraction of sp³-hybridized carbons (Fsp3) is 0.438. The highest BCUT2D eigenvalue weighted by Gasteiger charge is 2.25. The minimum Gasteiger partial charge on any atom is -0.337 e. The van der Waals surface area contributed by atoms with Crippen molar-refractivity contribution < 1.29 is 4.79 Å². The molecule has 2 aromatic rings. The molecule has 1 N–H and O–H groups in total. The first kappa shape index (κ1) is 17.4. The fourth-order valence-electron chi connectivity index (χ4n) is 2.86. The van der Waals surface area contributed by atoms with Crippen molar-refractivity contribution in [3.8, 4) is 5.69 Å². The van der Waals surface area contributed by atoms with Gasteiger partial charge < -0.3 is 10.2 Å². The Kier molecular flexibility index (Phi) is 6.12. The Morgan fingerprint density at radius 2 is 1.96 bits per heavy atom. The quantitative estimate of drug-likeness (QED) is 0.924. The number of aromatic nitrogens is 3. The molecule has 1 aliphatic heterocycles. The Balaban J connectivity index is 0.00000192. The van der Waals surface area contributed by atoms with Gasteiger partial charge in [-0.05, 0) is 44.5 Å². The van der Waals surface area contributed by atoms with Crippen LogP contribution in [0.15, 0.2) is 36.5 Å². The van der Waals surface area contributed by atoms with Crippen molar-refractivity contribution >= 4 is 18.3 Å². The standard InChI is InChI=1S/C16H21N5O.ClH/c1-17-11-13-7-9-20(10-8-13)16(22)15-12-21(19-18-15)14-5-3-2-4-6-14;/h2-6,12-13,17H,7-11H2,1H3;1H. The molecule has 0 aliphatic carbocycles. The molecule has 0 radical (unpaired) electrons. The summed E-state index contributed by atoms with van der Waals surface area (Å²) in [7, 11) is 1.97. The van der Waals surface area contributed by atoms with Gasteiger partial charge in [-0.3, -0.25) is 4.79 Å². The first-order chi connectivity index (χ1) is 10.8. The van der Waals surface area contributed by atoms with Gasteiger partial charge in [0.2, 0.25) is 0 Å². The number of nitrogens with zero attached hydrogens (tertiary/aromatic N) is 4. The third-order valence-corrected chi connectivity index (χ3v) is 4.13. The molecule has 7 heteroatoms. The number of amides is 1. The summed E-state index contributed by atoms with van der Waals surface area (Å²) in [5.74, 6) is 0.638. The van der Waals surface area contributed by atoms with E-state index in [0.717, 1.165) is 38.2 Å². The minimum atomic E-state index is -0.0231. The van der Waals surface area contributed by atoms with Crippen LogP contribution in [0.3, 0.4) is 0 Å². The van der Waals surface area contributed by atoms with Gasteiger partial charge in [-0.25, -0.2) is 4.68 Å². The highest BCUT2D eigenvalue weighted by atomic mass is 35.5. The van der Waals surface area contributed by atoms with Crippen LogP contribution in [0.1, 0.15) is 23.3 Å². The maximum Gasteiger partial charge on any atom is 0.276 e. The van der Waals surface area contributed by atoms with Crippen LogP contribution in [-0.4, -0.2) is 52.5 Å². The fourth-order valence-corrected chi connectivity index (χ4v) is 2.86. The lowest BCUT2D eigenvalue weighted by molar-refractivity contribution is 0.0685. The van der Waals surface area contributed by atoms with E-state index in [1.807, 2.05) is 42.3 Å². The molecule has 1 saturated heterocycles. The molecule has 1 aromatic carbocycles. The summed E-state index contributed by atoms with van der Waals surface area (Å²) >= 11 is 0. The summed E-state index contributed by atoms with van der Waals surface area (Å²) < 4.78 is 1.64. The van der Waals surface area contributed by atoms with Gasteiger partial charge in [0, 0.05) is 13.1 Å². The first-order valence-electron chi connectivity index (χ1n) is 7.69. The SMILES string of the molecule is CNCC1CCN(C(=O)c2cn(-c3ccccc3)nn2)CC1.Cl. The molecule has 3 rings (SSSR count). The predicted molar refractivity (Wildman–Crippen MR) is 91.2 cm³/mol. The summed E-state index contributed by atoms with van der Waals surface area (Å²) in [5, 5.41) is 11.3. The largest absolute Gasteiger partial charge is 0.337 e. The third-order valence-electron chi connectivity index (χ3n) is 4.13. The minimum absolute atomic E-state index is 0. The van der Waals surface area contributed by atoms with E-state index >= 15 is 0 Å². The van der Waals surface area contributed by atoms with E-state index in [0.29, 0.717) is 11.6 Å². The summed E-state index contributed by atoms with van der Waals surface area (Å²) in [6.45, 7) is 2.61. The molecule has 0 atom stereocenters. The van der Waals surface area contributed by atoms with Crippen molar-refractivity contribution in [3.63, 3.8) is 0 Å². The highest BCUT2D eigenvalue weighted by molar-refractivity contribution is 5.92. The number of benzene rings is 1. The molecule has 1 amide bonds. The van der Waals surface area contributed by atoms with E-state index < -0.39 is 0 Å². The Hall–Kier alpha value is -1.92. The maximum atomic E-state index is 12.5. The number of para-hydroxylation sites is 1. The Bertz CT molecular complexity index is 622. The van der Waals surface area contributed by atoms with E-state index in [1.165, 1.54) is 0 Å². The topological polar surface area (TPSA) is 63.1 Å². The first-order valence-corrected chi connectivity index (χ1v) is 7.69. The summed E-state index contributed by atoms with van der Waals surface area (Å²) in [6.07, 6.45) is 3.79. The van der Waals surface area contributed by atoms with Crippen LogP contribution in [0, 0.1) is 5.92 Å². The normalized spacial score (nSPS) is 15.3. The van der Waals surface area contributed by atoms with E-state index in [-0.39, 0.29) is 18.3 Å². The van der Waals surface area contributed by atoms with Crippen LogP contribution in [0.4, 0.5) is 0 Å². The number of hydrogen-bond donors (Lipinski definition) is 1. The monoisotopic (exact) mass is 335 g/mol. The van der Waals surface area contributed by atoms with Gasteiger partial charge in [0.1, 0.15) is 0 Å². The Labute approximate surface area is 142 Å². The number of rotatable bonds is 4. The zero-order valence-electron chi connectivity index (χ0n) is 13.2. The lowest BCUT2D eigenvalue weighted by atomic mass is 9.97. The number of halogens is 1. The van der Waals surface area contributed by atoms with Gasteiger partial charge in [-0.15, -0.1) is 17.5 Å². The van der Waals surface area contributed by atoms with Crippen LogP contribution >= 0.6 is 12.4 Å². The molecule has 0 unspecified atom stereocenters. The van der Waals surface area contributed by atoms with Gasteiger partial charge in [0.05, 0.1) is 11.9 Å². The second-order valence-corrected chi connectivity index (χ2v) is 5.68. The summed E-state index contributed by atoms with van der Waals surface area (Å²) in [4.78, 5) is 14.4. The number of carbonyl (C=O) groups is 1. The molecule has 0 spiro atoms. The van der Waals surface area contributed by atoms with Crippen molar-refractivity contribution in [1.82, 2.24) is 25.2 Å². The van der Waals surface area contributed by atoms with Crippen molar-refractivity contribution in [3.05, 3.63) is 42.2 Å². The molecular formula is C16H22ClN5O. The number of hydrogen-bond acceptors (Lipinski definition) is 4. The van der Waals surface area contributed by atoms with E-state index in [9.17, 15) is 4.79 Å². The zero-order valence-corrected chi connectivity index (χ0v) is 14.0. The molecule has 1 aliphatic rings. The average molecular weight is 336 g/mol.